The third-order valence-electron chi connectivity index (χ3n) is 5.78. The zero-order valence-electron chi connectivity index (χ0n) is 17.9. The monoisotopic (exact) mass is 443 g/mol. The summed E-state index contributed by atoms with van der Waals surface area (Å²) in [5.74, 6) is 0.619. The van der Waals surface area contributed by atoms with Gasteiger partial charge in [-0.25, -0.2) is 9.37 Å². The molecule has 3 aromatic rings. The van der Waals surface area contributed by atoms with Crippen LogP contribution in [0.5, 0.6) is 11.5 Å². The lowest BCUT2D eigenvalue weighted by Gasteiger charge is -2.33. The molecule has 0 bridgehead atoms. The van der Waals surface area contributed by atoms with Gasteiger partial charge in [0.15, 0.2) is 5.13 Å². The van der Waals surface area contributed by atoms with E-state index >= 15 is 0 Å². The van der Waals surface area contributed by atoms with E-state index < -0.39 is 0 Å². The van der Waals surface area contributed by atoms with E-state index in [4.69, 9.17) is 9.47 Å². The number of methoxy groups -OCH3 is 2. The lowest BCUT2D eigenvalue weighted by molar-refractivity contribution is 0.0678. The molecule has 6 nitrogen and oxygen atoms in total. The van der Waals surface area contributed by atoms with Crippen LogP contribution in [0, 0.1) is 5.82 Å². The number of likely N-dealkylation sites (N-methyl/N-ethyl adjacent to an activating group) is 1. The summed E-state index contributed by atoms with van der Waals surface area (Å²) in [6.07, 6.45) is 2.84. The van der Waals surface area contributed by atoms with Gasteiger partial charge in [0, 0.05) is 12.6 Å². The third-order valence-corrected chi connectivity index (χ3v) is 6.73. The number of anilines is 1. The Hall–Kier alpha value is -2.87. The predicted molar refractivity (Wildman–Crippen MR) is 121 cm³/mol. The number of nitrogens with one attached hydrogen (secondary N) is 1. The minimum Gasteiger partial charge on any atom is -0.496 e. The summed E-state index contributed by atoms with van der Waals surface area (Å²) in [7, 11) is 3.11. The number of halogens is 1. The predicted octanol–water partition coefficient (Wildman–Crippen LogP) is 4.95. The molecule has 1 heterocycles. The van der Waals surface area contributed by atoms with E-state index in [1.807, 2.05) is 11.8 Å². The molecule has 0 spiro atoms. The Labute approximate surface area is 185 Å². The van der Waals surface area contributed by atoms with Crippen molar-refractivity contribution < 1.29 is 18.7 Å². The maximum Gasteiger partial charge on any atom is 0.261 e. The maximum atomic E-state index is 13.6. The van der Waals surface area contributed by atoms with Crippen LogP contribution in [-0.2, 0) is 0 Å². The first kappa shape index (κ1) is 21.4. The fourth-order valence-electron chi connectivity index (χ4n) is 4.33. The molecule has 0 radical (unpaired) electrons. The van der Waals surface area contributed by atoms with Crippen molar-refractivity contribution >= 4 is 32.6 Å². The second kappa shape index (κ2) is 9.09. The quantitative estimate of drug-likeness (QED) is 0.560. The summed E-state index contributed by atoms with van der Waals surface area (Å²) in [6.45, 7) is 2.55. The molecule has 1 N–H and O–H groups in total. The molecule has 1 aromatic heterocycles. The van der Waals surface area contributed by atoms with Crippen LogP contribution in [0.15, 0.2) is 36.4 Å². The van der Waals surface area contributed by atoms with Crippen LogP contribution in [0.2, 0.25) is 0 Å². The minimum absolute atomic E-state index is 0.0101. The van der Waals surface area contributed by atoms with Crippen LogP contribution in [0.3, 0.4) is 0 Å². The van der Waals surface area contributed by atoms with Gasteiger partial charge in [-0.05, 0) is 56.5 Å². The molecular weight excluding hydrogens is 417 g/mol. The number of thiazole rings is 1. The van der Waals surface area contributed by atoms with Crippen LogP contribution >= 0.6 is 11.3 Å². The number of amides is 1. The number of hydrogen-bond acceptors (Lipinski definition) is 6. The molecule has 1 saturated carbocycles. The summed E-state index contributed by atoms with van der Waals surface area (Å²) in [4.78, 5) is 20.1. The van der Waals surface area contributed by atoms with E-state index in [9.17, 15) is 9.18 Å². The molecule has 164 valence electrons. The molecule has 2 atom stereocenters. The molecule has 0 unspecified atom stereocenters. The highest BCUT2D eigenvalue weighted by Gasteiger charge is 2.36. The number of aromatic nitrogens is 1. The second-order valence-corrected chi connectivity index (χ2v) is 8.54. The first-order valence-corrected chi connectivity index (χ1v) is 11.2. The molecular formula is C23H26FN3O3S. The van der Waals surface area contributed by atoms with Gasteiger partial charge in [-0.3, -0.25) is 4.79 Å². The largest absolute Gasteiger partial charge is 0.496 e. The van der Waals surface area contributed by atoms with Crippen LogP contribution in [0.4, 0.5) is 9.52 Å². The van der Waals surface area contributed by atoms with Gasteiger partial charge in [-0.1, -0.05) is 17.4 Å². The fourth-order valence-corrected chi connectivity index (χ4v) is 5.29. The van der Waals surface area contributed by atoms with Gasteiger partial charge in [-0.15, -0.1) is 0 Å². The van der Waals surface area contributed by atoms with Crippen molar-refractivity contribution in [3.05, 3.63) is 47.8 Å². The van der Waals surface area contributed by atoms with Crippen LogP contribution in [0.25, 0.3) is 10.2 Å². The molecule has 2 aromatic carbocycles. The first-order valence-electron chi connectivity index (χ1n) is 10.4. The summed E-state index contributed by atoms with van der Waals surface area (Å²) in [6, 6.07) is 10.0. The lowest BCUT2D eigenvalue weighted by Crippen LogP contribution is -2.47. The fraction of sp³-hybridized carbons (Fsp3) is 0.391. The third kappa shape index (κ3) is 4.17. The number of benzene rings is 2. The topological polar surface area (TPSA) is 63.7 Å². The van der Waals surface area contributed by atoms with Crippen LogP contribution in [0.1, 0.15) is 36.5 Å². The Balaban J connectivity index is 1.59. The first-order chi connectivity index (χ1) is 15.0. The van der Waals surface area contributed by atoms with Gasteiger partial charge >= 0.3 is 0 Å². The van der Waals surface area contributed by atoms with E-state index in [1.165, 1.54) is 23.5 Å². The van der Waals surface area contributed by atoms with Crippen molar-refractivity contribution in [2.24, 2.45) is 0 Å². The molecule has 8 heteroatoms. The number of rotatable bonds is 7. The zero-order valence-corrected chi connectivity index (χ0v) is 18.7. The van der Waals surface area contributed by atoms with Gasteiger partial charge in [0.2, 0.25) is 0 Å². The second-order valence-electron chi connectivity index (χ2n) is 7.51. The highest BCUT2D eigenvalue weighted by molar-refractivity contribution is 7.22. The summed E-state index contributed by atoms with van der Waals surface area (Å²) in [5.41, 5.74) is 1.21. The van der Waals surface area contributed by atoms with Crippen molar-refractivity contribution in [2.75, 3.05) is 26.1 Å². The van der Waals surface area contributed by atoms with Crippen molar-refractivity contribution in [3.8, 4) is 11.5 Å². The molecule has 0 aliphatic heterocycles. The number of nitrogens with zero attached hydrogens (tertiary/aromatic N) is 2. The molecule has 1 aliphatic rings. The van der Waals surface area contributed by atoms with E-state index in [-0.39, 0.29) is 23.8 Å². The number of carbonyl (C=O) groups is 1. The highest BCUT2D eigenvalue weighted by Crippen LogP contribution is 2.35. The maximum absolute atomic E-state index is 13.6. The van der Waals surface area contributed by atoms with Crippen molar-refractivity contribution in [3.63, 3.8) is 0 Å². The van der Waals surface area contributed by atoms with Gasteiger partial charge < -0.3 is 19.7 Å². The minimum atomic E-state index is -0.269. The lowest BCUT2D eigenvalue weighted by atomic mass is 10.1. The number of fused-ring (bicyclic) bond motifs is 1. The average Bonchev–Trinajstić information content (AvgIpc) is 3.39. The Morgan fingerprint density at radius 3 is 2.65 bits per heavy atom. The number of ether oxygens (including phenoxy) is 2. The van der Waals surface area contributed by atoms with Crippen LogP contribution in [-0.4, -0.2) is 48.6 Å². The molecule has 1 fully saturated rings. The van der Waals surface area contributed by atoms with E-state index in [0.29, 0.717) is 23.6 Å². The Bertz CT molecular complexity index is 1060. The van der Waals surface area contributed by atoms with Crippen molar-refractivity contribution in [1.82, 2.24) is 9.88 Å². The average molecular weight is 444 g/mol. The standard InChI is InChI=1S/C23H26FN3O3S/c1-4-27(22(28)21-18(29-2)9-6-10-19(21)30-3)17-8-5-7-15(17)25-23-26-16-12-11-14(24)13-20(16)31-23/h6,9-13,15,17H,4-5,7-8H2,1-3H3,(H,25,26)/t15-,17-/m1/s1. The Morgan fingerprint density at radius 1 is 1.23 bits per heavy atom. The Morgan fingerprint density at radius 2 is 1.97 bits per heavy atom. The van der Waals surface area contributed by atoms with Crippen molar-refractivity contribution in [1.29, 1.82) is 0 Å². The van der Waals surface area contributed by atoms with Gasteiger partial charge in [0.05, 0.1) is 30.5 Å². The molecule has 31 heavy (non-hydrogen) atoms. The molecule has 4 rings (SSSR count). The van der Waals surface area contributed by atoms with Gasteiger partial charge in [0.1, 0.15) is 22.9 Å². The zero-order chi connectivity index (χ0) is 22.0. The number of carbonyl (C=O) groups excluding carboxylic acids is 1. The van der Waals surface area contributed by atoms with Crippen molar-refractivity contribution in [2.45, 2.75) is 38.3 Å². The molecule has 1 amide bonds. The smallest absolute Gasteiger partial charge is 0.261 e. The van der Waals surface area contributed by atoms with E-state index in [1.54, 1.807) is 38.5 Å². The summed E-state index contributed by atoms with van der Waals surface area (Å²) < 4.78 is 25.2. The van der Waals surface area contributed by atoms with Crippen LogP contribution < -0.4 is 14.8 Å². The van der Waals surface area contributed by atoms with Gasteiger partial charge in [0.25, 0.3) is 5.91 Å². The van der Waals surface area contributed by atoms with E-state index in [2.05, 4.69) is 10.3 Å². The highest BCUT2D eigenvalue weighted by atomic mass is 32.1. The SMILES string of the molecule is CCN(C(=O)c1c(OC)cccc1OC)[C@@H]1CCC[C@H]1Nc1nc2ccc(F)cc2s1. The molecule has 1 aliphatic carbocycles. The van der Waals surface area contributed by atoms with Gasteiger partial charge in [-0.2, -0.15) is 0 Å². The summed E-state index contributed by atoms with van der Waals surface area (Å²) >= 11 is 1.43. The summed E-state index contributed by atoms with van der Waals surface area (Å²) in [5, 5.41) is 4.25. The normalized spacial score (nSPS) is 18.2. The molecule has 0 saturated heterocycles. The van der Waals surface area contributed by atoms with E-state index in [0.717, 1.165) is 34.6 Å². The number of hydrogen-bond donors (Lipinski definition) is 1. The Kier molecular flexibility index (Phi) is 6.27.